The average molecular weight is 527 g/mol. The first-order valence-electron chi connectivity index (χ1n) is 11.2. The molecule has 10 nitrogen and oxygen atoms in total. The van der Waals surface area contributed by atoms with E-state index in [9.17, 15) is 28.1 Å². The van der Waals surface area contributed by atoms with E-state index in [1.807, 2.05) is 0 Å². The molecule has 11 heteroatoms. The maximum Gasteiger partial charge on any atom is 0.338 e. The zero-order valence-corrected chi connectivity index (χ0v) is 21.2. The molecule has 0 spiro atoms. The number of carbonyl (C=O) groups excluding carboxylic acids is 2. The number of hydrogen-bond donors (Lipinski definition) is 1. The third-order valence-electron chi connectivity index (χ3n) is 4.92. The summed E-state index contributed by atoms with van der Waals surface area (Å²) in [4.78, 5) is 35.2. The van der Waals surface area contributed by atoms with Gasteiger partial charge in [0, 0.05) is 24.2 Å². The Hall–Kier alpha value is -4.09. The number of non-ortho nitro benzene ring substituents is 1. The molecule has 0 saturated heterocycles. The molecule has 0 bridgehead atoms. The van der Waals surface area contributed by atoms with E-state index in [1.54, 1.807) is 51.1 Å². The Morgan fingerprint density at radius 3 is 2.08 bits per heavy atom. The summed E-state index contributed by atoms with van der Waals surface area (Å²) in [6.45, 7) is 5.24. The summed E-state index contributed by atoms with van der Waals surface area (Å²) < 4.78 is 36.4. The highest BCUT2D eigenvalue weighted by Gasteiger charge is 2.29. The number of amides is 1. The molecule has 1 atom stereocenters. The first-order valence-corrected chi connectivity index (χ1v) is 12.6. The van der Waals surface area contributed by atoms with Crippen LogP contribution in [-0.2, 0) is 30.3 Å². The zero-order valence-electron chi connectivity index (χ0n) is 20.4. The van der Waals surface area contributed by atoms with Crippen molar-refractivity contribution in [2.24, 2.45) is 0 Å². The van der Waals surface area contributed by atoms with Gasteiger partial charge in [0.1, 0.15) is 5.60 Å². The van der Waals surface area contributed by atoms with Crippen molar-refractivity contribution < 1.29 is 31.9 Å². The van der Waals surface area contributed by atoms with Gasteiger partial charge in [-0.15, -0.1) is 0 Å². The van der Waals surface area contributed by atoms with Gasteiger partial charge in [0.15, 0.2) is 6.10 Å². The van der Waals surface area contributed by atoms with Gasteiger partial charge in [0.2, 0.25) is 0 Å². The van der Waals surface area contributed by atoms with E-state index in [0.717, 1.165) is 24.3 Å². The maximum absolute atomic E-state index is 13.1. The van der Waals surface area contributed by atoms with E-state index in [4.69, 9.17) is 8.92 Å². The number of hydrogen-bond acceptors (Lipinski definition) is 8. The van der Waals surface area contributed by atoms with Crippen molar-refractivity contribution in [1.82, 2.24) is 0 Å². The Morgan fingerprint density at radius 2 is 1.54 bits per heavy atom. The predicted molar refractivity (Wildman–Crippen MR) is 136 cm³/mol. The fourth-order valence-electron chi connectivity index (χ4n) is 3.19. The number of rotatable bonds is 9. The van der Waals surface area contributed by atoms with Gasteiger partial charge in [-0.3, -0.25) is 19.1 Å². The van der Waals surface area contributed by atoms with Crippen molar-refractivity contribution in [2.45, 2.75) is 43.8 Å². The lowest BCUT2D eigenvalue weighted by molar-refractivity contribution is -0.384. The van der Waals surface area contributed by atoms with Crippen LogP contribution in [0.15, 0.2) is 83.8 Å². The Labute approximate surface area is 214 Å². The van der Waals surface area contributed by atoms with Gasteiger partial charge in [0.25, 0.3) is 21.7 Å². The van der Waals surface area contributed by atoms with Crippen molar-refractivity contribution in [3.05, 3.63) is 100 Å². The van der Waals surface area contributed by atoms with Crippen LogP contribution in [0, 0.1) is 10.1 Å². The number of ether oxygens (including phenoxy) is 1. The molecule has 0 unspecified atom stereocenters. The molecule has 0 saturated carbocycles. The first-order chi connectivity index (χ1) is 17.3. The van der Waals surface area contributed by atoms with Crippen LogP contribution in [0.4, 0.5) is 11.4 Å². The van der Waals surface area contributed by atoms with Gasteiger partial charge in [-0.25, -0.2) is 4.79 Å². The molecule has 194 valence electrons. The van der Waals surface area contributed by atoms with Crippen LogP contribution in [0.1, 0.15) is 36.7 Å². The third-order valence-corrected chi connectivity index (χ3v) is 6.26. The van der Waals surface area contributed by atoms with Gasteiger partial charge < -0.3 is 10.1 Å². The highest BCUT2D eigenvalue weighted by atomic mass is 32.2. The van der Waals surface area contributed by atoms with Crippen LogP contribution in [0.25, 0.3) is 0 Å². The summed E-state index contributed by atoms with van der Waals surface area (Å²) in [6.07, 6.45) is -1.51. The van der Waals surface area contributed by atoms with Crippen molar-refractivity contribution in [3.63, 3.8) is 0 Å². The van der Waals surface area contributed by atoms with Crippen LogP contribution >= 0.6 is 0 Å². The van der Waals surface area contributed by atoms with Gasteiger partial charge in [-0.1, -0.05) is 30.3 Å². The Kier molecular flexibility index (Phi) is 8.41. The monoisotopic (exact) mass is 526 g/mol. The van der Waals surface area contributed by atoms with Crippen LogP contribution in [0.5, 0.6) is 0 Å². The third kappa shape index (κ3) is 7.95. The Morgan fingerprint density at radius 1 is 0.946 bits per heavy atom. The molecule has 37 heavy (non-hydrogen) atoms. The second-order valence-corrected chi connectivity index (χ2v) is 10.6. The van der Waals surface area contributed by atoms with E-state index in [0.29, 0.717) is 11.3 Å². The summed E-state index contributed by atoms with van der Waals surface area (Å²) >= 11 is 0. The minimum atomic E-state index is -4.44. The molecule has 3 aromatic carbocycles. The topological polar surface area (TPSA) is 142 Å². The molecular weight excluding hydrogens is 500 g/mol. The normalized spacial score (nSPS) is 12.4. The number of carbonyl (C=O) groups is 2. The minimum Gasteiger partial charge on any atom is -0.456 e. The molecule has 3 rings (SSSR count). The van der Waals surface area contributed by atoms with E-state index in [1.165, 1.54) is 24.3 Å². The number of nitro benzene ring substituents is 1. The Bertz CT molecular complexity index is 1360. The van der Waals surface area contributed by atoms with E-state index >= 15 is 0 Å². The van der Waals surface area contributed by atoms with E-state index in [-0.39, 0.29) is 22.6 Å². The minimum absolute atomic E-state index is 0.0606. The maximum atomic E-state index is 13.1. The second-order valence-electron chi connectivity index (χ2n) is 9.05. The average Bonchev–Trinajstić information content (AvgIpc) is 2.83. The number of nitro groups is 1. The zero-order chi connectivity index (χ0) is 27.2. The lowest BCUT2D eigenvalue weighted by Crippen LogP contribution is -2.34. The quantitative estimate of drug-likeness (QED) is 0.186. The van der Waals surface area contributed by atoms with Crippen molar-refractivity contribution in [1.29, 1.82) is 0 Å². The van der Waals surface area contributed by atoms with Gasteiger partial charge >= 0.3 is 5.97 Å². The number of benzene rings is 3. The van der Waals surface area contributed by atoms with Gasteiger partial charge in [-0.05, 0) is 62.7 Å². The highest BCUT2D eigenvalue weighted by Crippen LogP contribution is 2.21. The standard InChI is InChI=1S/C26H26N2O8S/c1-26(2,3)35-25(30)19-9-11-20(12-10-19)27-24(29)23(17-18-7-5-4-6-8-18)36-37(33,34)22-15-13-21(14-16-22)28(31)32/h4-16,23H,17H2,1-3H3,(H,27,29)/t23-/m1/s1. The molecule has 3 aromatic rings. The molecule has 1 amide bonds. The van der Waals surface area contributed by atoms with E-state index < -0.39 is 38.6 Å². The molecule has 0 aromatic heterocycles. The summed E-state index contributed by atoms with van der Waals surface area (Å²) in [7, 11) is -4.44. The number of nitrogens with one attached hydrogen (secondary N) is 1. The van der Waals surface area contributed by atoms with Crippen molar-refractivity contribution in [2.75, 3.05) is 5.32 Å². The highest BCUT2D eigenvalue weighted by molar-refractivity contribution is 7.86. The summed E-state index contributed by atoms with van der Waals surface area (Å²) in [5.74, 6) is -1.26. The molecule has 0 radical (unpaired) electrons. The van der Waals surface area contributed by atoms with Crippen molar-refractivity contribution >= 4 is 33.4 Å². The molecule has 0 fully saturated rings. The largest absolute Gasteiger partial charge is 0.456 e. The smallest absolute Gasteiger partial charge is 0.338 e. The van der Waals surface area contributed by atoms with Crippen LogP contribution in [0.2, 0.25) is 0 Å². The molecule has 0 aliphatic heterocycles. The fraction of sp³-hybridized carbons (Fsp3) is 0.231. The molecule has 0 heterocycles. The second kappa shape index (κ2) is 11.3. The summed E-state index contributed by atoms with van der Waals surface area (Å²) in [5.41, 5.74) is 0.299. The molecule has 0 aliphatic rings. The van der Waals surface area contributed by atoms with Crippen molar-refractivity contribution in [3.8, 4) is 0 Å². The van der Waals surface area contributed by atoms with Crippen LogP contribution in [0.3, 0.4) is 0 Å². The van der Waals surface area contributed by atoms with Gasteiger partial charge in [0.05, 0.1) is 15.4 Å². The Balaban J connectivity index is 1.80. The SMILES string of the molecule is CC(C)(C)OC(=O)c1ccc(NC(=O)[C@@H](Cc2ccccc2)OS(=O)(=O)c2ccc([N+](=O)[O-])cc2)cc1. The first kappa shape index (κ1) is 27.5. The fourth-order valence-corrected chi connectivity index (χ4v) is 4.23. The molecular formula is C26H26N2O8S. The molecule has 1 N–H and O–H groups in total. The number of nitrogens with zero attached hydrogens (tertiary/aromatic N) is 1. The summed E-state index contributed by atoms with van der Waals surface area (Å²) in [5, 5.41) is 13.5. The van der Waals surface area contributed by atoms with Gasteiger partial charge in [-0.2, -0.15) is 8.42 Å². The lowest BCUT2D eigenvalue weighted by Gasteiger charge is -2.20. The molecule has 0 aliphatic carbocycles. The van der Waals surface area contributed by atoms with Crippen LogP contribution in [-0.4, -0.2) is 36.9 Å². The van der Waals surface area contributed by atoms with E-state index in [2.05, 4.69) is 5.32 Å². The summed E-state index contributed by atoms with van der Waals surface area (Å²) in [6, 6.07) is 18.8. The number of esters is 1. The van der Waals surface area contributed by atoms with Crippen LogP contribution < -0.4 is 5.32 Å². The lowest BCUT2D eigenvalue weighted by atomic mass is 10.1. The predicted octanol–water partition coefficient (Wildman–Crippen LogP) is 4.51. The number of anilines is 1.